The molecule has 0 spiro atoms. The number of pyridine rings is 1. The smallest absolute Gasteiger partial charge is 0.384 e. The zero-order valence-corrected chi connectivity index (χ0v) is 19.2. The fourth-order valence-corrected chi connectivity index (χ4v) is 6.15. The monoisotopic (exact) mass is 485 g/mol. The number of halogens is 3. The van der Waals surface area contributed by atoms with Crippen LogP contribution in [0.25, 0.3) is 11.3 Å². The second kappa shape index (κ2) is 8.39. The Hall–Kier alpha value is -2.47. The van der Waals surface area contributed by atoms with E-state index in [4.69, 9.17) is 10.5 Å². The average Bonchev–Trinajstić information content (AvgIpc) is 3.25. The number of hydrogen-bond acceptors (Lipinski definition) is 8. The molecule has 2 aromatic rings. The van der Waals surface area contributed by atoms with Crippen molar-refractivity contribution < 1.29 is 26.3 Å². The molecule has 1 aliphatic carbocycles. The van der Waals surface area contributed by atoms with E-state index in [0.717, 1.165) is 18.5 Å². The molecule has 1 aliphatic heterocycles. The molecule has 2 aliphatic rings. The maximum Gasteiger partial charge on any atom is 0.417 e. The summed E-state index contributed by atoms with van der Waals surface area (Å²) in [4.78, 5) is 14.7. The van der Waals surface area contributed by atoms with E-state index in [1.54, 1.807) is 0 Å². The molecule has 0 unspecified atom stereocenters. The number of anilines is 2. The predicted octanol–water partition coefficient (Wildman–Crippen LogP) is 3.18. The van der Waals surface area contributed by atoms with Gasteiger partial charge < -0.3 is 15.4 Å². The molecular formula is C21H26F3N5O3S. The lowest BCUT2D eigenvalue weighted by molar-refractivity contribution is -0.137. The van der Waals surface area contributed by atoms with Gasteiger partial charge in [-0.25, -0.2) is 23.4 Å². The topological polar surface area (TPSA) is 111 Å². The molecule has 0 amide bonds. The van der Waals surface area contributed by atoms with Crippen LogP contribution in [0.4, 0.5) is 24.9 Å². The number of nitrogens with zero attached hydrogens (tertiary/aromatic N) is 4. The molecule has 8 nitrogen and oxygen atoms in total. The largest absolute Gasteiger partial charge is 0.417 e. The Morgan fingerprint density at radius 2 is 1.91 bits per heavy atom. The molecule has 180 valence electrons. The van der Waals surface area contributed by atoms with E-state index in [1.807, 2.05) is 11.8 Å². The van der Waals surface area contributed by atoms with Crippen molar-refractivity contribution in [1.29, 1.82) is 0 Å². The first-order chi connectivity index (χ1) is 15.4. The standard InChI is InChI=1S/C21H26F3N5O3S/c1-13-12-32-8-7-29(13)19-27-16(14-11-26-18(25)9-15(14)21(22,23)24)10-17(28-19)20(33(2,30)31)5-3-4-6-20/h9-11,13H,3-8,12H2,1-2H3,(H2,25,26)/t13-/m0/s1. The van der Waals surface area contributed by atoms with Crippen LogP contribution in [-0.4, -0.2) is 55.4 Å². The molecule has 4 rings (SSSR count). The summed E-state index contributed by atoms with van der Waals surface area (Å²) in [5.41, 5.74) is 4.45. The van der Waals surface area contributed by atoms with Gasteiger partial charge in [-0.3, -0.25) is 0 Å². The zero-order valence-electron chi connectivity index (χ0n) is 18.4. The Kier molecular flexibility index (Phi) is 6.02. The normalized spacial score (nSPS) is 21.4. The highest BCUT2D eigenvalue weighted by atomic mass is 32.2. The molecule has 1 saturated heterocycles. The van der Waals surface area contributed by atoms with E-state index >= 15 is 0 Å². The number of morpholine rings is 1. The van der Waals surface area contributed by atoms with Crippen LogP contribution in [0.15, 0.2) is 18.3 Å². The van der Waals surface area contributed by atoms with Gasteiger partial charge in [-0.05, 0) is 31.9 Å². The average molecular weight is 486 g/mol. The van der Waals surface area contributed by atoms with E-state index in [1.165, 1.54) is 6.07 Å². The molecule has 2 fully saturated rings. The maximum absolute atomic E-state index is 13.8. The molecule has 33 heavy (non-hydrogen) atoms. The summed E-state index contributed by atoms with van der Waals surface area (Å²) < 4.78 is 71.6. The number of nitrogens with two attached hydrogens (primary N) is 1. The van der Waals surface area contributed by atoms with Crippen molar-refractivity contribution in [2.75, 3.05) is 36.6 Å². The van der Waals surface area contributed by atoms with Crippen LogP contribution in [-0.2, 0) is 25.5 Å². The summed E-state index contributed by atoms with van der Waals surface area (Å²) in [6.45, 7) is 3.13. The summed E-state index contributed by atoms with van der Waals surface area (Å²) >= 11 is 0. The molecule has 0 bridgehead atoms. The first-order valence-corrected chi connectivity index (χ1v) is 12.6. The van der Waals surface area contributed by atoms with Gasteiger partial charge in [0, 0.05) is 24.6 Å². The maximum atomic E-state index is 13.8. The number of hydrogen-bond donors (Lipinski definition) is 1. The highest BCUT2D eigenvalue weighted by Gasteiger charge is 2.47. The van der Waals surface area contributed by atoms with E-state index in [-0.39, 0.29) is 34.8 Å². The molecular weight excluding hydrogens is 459 g/mol. The lowest BCUT2D eigenvalue weighted by atomic mass is 9.99. The van der Waals surface area contributed by atoms with E-state index in [0.29, 0.717) is 45.4 Å². The lowest BCUT2D eigenvalue weighted by Crippen LogP contribution is -2.45. The third-order valence-corrected chi connectivity index (χ3v) is 8.47. The van der Waals surface area contributed by atoms with Crippen molar-refractivity contribution in [1.82, 2.24) is 15.0 Å². The summed E-state index contributed by atoms with van der Waals surface area (Å²) in [7, 11) is -3.61. The molecule has 2 aromatic heterocycles. The molecule has 1 atom stereocenters. The fourth-order valence-electron chi connectivity index (χ4n) is 4.63. The van der Waals surface area contributed by atoms with Gasteiger partial charge in [0.2, 0.25) is 5.95 Å². The number of alkyl halides is 3. The summed E-state index contributed by atoms with van der Waals surface area (Å²) in [5.74, 6) is -0.0936. The van der Waals surface area contributed by atoms with Crippen molar-refractivity contribution in [2.24, 2.45) is 0 Å². The van der Waals surface area contributed by atoms with Gasteiger partial charge in [-0.2, -0.15) is 13.2 Å². The summed E-state index contributed by atoms with van der Waals surface area (Å²) in [6.07, 6.45) is -0.438. The van der Waals surface area contributed by atoms with Gasteiger partial charge in [0.05, 0.1) is 36.2 Å². The molecule has 3 heterocycles. The quantitative estimate of drug-likeness (QED) is 0.703. The van der Waals surface area contributed by atoms with Crippen LogP contribution in [0.5, 0.6) is 0 Å². The molecule has 0 radical (unpaired) electrons. The van der Waals surface area contributed by atoms with Gasteiger partial charge in [0.25, 0.3) is 0 Å². The van der Waals surface area contributed by atoms with Crippen LogP contribution in [0.1, 0.15) is 43.9 Å². The van der Waals surface area contributed by atoms with Crippen LogP contribution in [0.3, 0.4) is 0 Å². The van der Waals surface area contributed by atoms with E-state index < -0.39 is 26.3 Å². The third kappa shape index (κ3) is 4.37. The number of ether oxygens (including phenoxy) is 1. The van der Waals surface area contributed by atoms with Crippen LogP contribution < -0.4 is 10.6 Å². The molecule has 2 N–H and O–H groups in total. The summed E-state index contributed by atoms with van der Waals surface area (Å²) in [5, 5.41) is 0. The first-order valence-electron chi connectivity index (χ1n) is 10.7. The van der Waals surface area contributed by atoms with Crippen LogP contribution in [0, 0.1) is 0 Å². The number of aromatic nitrogens is 3. The first kappa shape index (κ1) is 23.7. The SMILES string of the molecule is C[C@H]1COCCN1c1nc(-c2cnc(N)cc2C(F)(F)F)cc(C2(S(C)(=O)=O)CCCC2)n1. The minimum absolute atomic E-state index is 0.0385. The minimum atomic E-state index is -4.70. The second-order valence-electron chi connectivity index (χ2n) is 8.68. The van der Waals surface area contributed by atoms with Gasteiger partial charge in [-0.1, -0.05) is 12.8 Å². The second-order valence-corrected chi connectivity index (χ2v) is 11.0. The Morgan fingerprint density at radius 3 is 2.52 bits per heavy atom. The van der Waals surface area contributed by atoms with Crippen LogP contribution in [0.2, 0.25) is 0 Å². The number of nitrogen functional groups attached to an aromatic ring is 1. The number of sulfone groups is 1. The van der Waals surface area contributed by atoms with Gasteiger partial charge >= 0.3 is 6.18 Å². The van der Waals surface area contributed by atoms with Crippen molar-refractivity contribution in [2.45, 2.75) is 49.6 Å². The summed E-state index contributed by atoms with van der Waals surface area (Å²) in [6, 6.07) is 1.99. The van der Waals surface area contributed by atoms with E-state index in [9.17, 15) is 21.6 Å². The third-order valence-electron chi connectivity index (χ3n) is 6.43. The van der Waals surface area contributed by atoms with Gasteiger partial charge in [0.1, 0.15) is 10.6 Å². The Labute approximate surface area is 190 Å². The molecule has 1 saturated carbocycles. The van der Waals surface area contributed by atoms with Crippen molar-refractivity contribution in [3.8, 4) is 11.3 Å². The zero-order chi connectivity index (χ0) is 24.0. The highest BCUT2D eigenvalue weighted by Crippen LogP contribution is 2.46. The van der Waals surface area contributed by atoms with Crippen molar-refractivity contribution in [3.63, 3.8) is 0 Å². The molecule has 12 heteroatoms. The Morgan fingerprint density at radius 1 is 1.21 bits per heavy atom. The predicted molar refractivity (Wildman–Crippen MR) is 117 cm³/mol. The number of rotatable bonds is 4. The van der Waals surface area contributed by atoms with Gasteiger partial charge in [-0.15, -0.1) is 0 Å². The molecule has 0 aromatic carbocycles. The Bertz CT molecular complexity index is 1150. The fraction of sp³-hybridized carbons (Fsp3) is 0.571. The van der Waals surface area contributed by atoms with Crippen LogP contribution >= 0.6 is 0 Å². The van der Waals surface area contributed by atoms with E-state index in [2.05, 4.69) is 15.0 Å². The Balaban J connectivity index is 1.98. The lowest BCUT2D eigenvalue weighted by Gasteiger charge is -2.35. The highest BCUT2D eigenvalue weighted by molar-refractivity contribution is 7.91. The minimum Gasteiger partial charge on any atom is -0.384 e. The van der Waals surface area contributed by atoms with Crippen molar-refractivity contribution in [3.05, 3.63) is 29.6 Å². The van der Waals surface area contributed by atoms with Crippen molar-refractivity contribution >= 4 is 21.6 Å². The van der Waals surface area contributed by atoms with Gasteiger partial charge in [0.15, 0.2) is 9.84 Å².